The average molecular weight is 364 g/mol. The fourth-order valence-electron chi connectivity index (χ4n) is 2.75. The Kier molecular flexibility index (Phi) is 5.44. The standard InChI is InChI=1S/C19H19Cl2NO2/c1-13-17(20)11-16(12-18(13)21)14-3-5-15(6-4-14)19(23)22-7-2-9-24-10-8-22/h3-6,11-12H,2,7-10H2,1H3. The summed E-state index contributed by atoms with van der Waals surface area (Å²) in [4.78, 5) is 14.4. The fraction of sp³-hybridized carbons (Fsp3) is 0.316. The van der Waals surface area contributed by atoms with E-state index in [0.29, 0.717) is 28.8 Å². The Bertz CT molecular complexity index is 713. The molecule has 0 saturated carbocycles. The molecular weight excluding hydrogens is 345 g/mol. The van der Waals surface area contributed by atoms with Crippen molar-refractivity contribution in [1.29, 1.82) is 0 Å². The van der Waals surface area contributed by atoms with Crippen molar-refractivity contribution in [3.8, 4) is 11.1 Å². The molecule has 0 unspecified atom stereocenters. The van der Waals surface area contributed by atoms with Gasteiger partial charge in [-0.2, -0.15) is 0 Å². The smallest absolute Gasteiger partial charge is 0.253 e. The molecule has 2 aromatic rings. The van der Waals surface area contributed by atoms with Crippen molar-refractivity contribution >= 4 is 29.1 Å². The van der Waals surface area contributed by atoms with Gasteiger partial charge in [0, 0.05) is 35.3 Å². The summed E-state index contributed by atoms with van der Waals surface area (Å²) in [6.07, 6.45) is 0.879. The molecule has 126 valence electrons. The van der Waals surface area contributed by atoms with Crippen molar-refractivity contribution in [2.24, 2.45) is 0 Å². The van der Waals surface area contributed by atoms with Crippen LogP contribution < -0.4 is 0 Å². The number of rotatable bonds is 2. The molecule has 0 atom stereocenters. The van der Waals surface area contributed by atoms with Crippen molar-refractivity contribution in [3.63, 3.8) is 0 Å². The lowest BCUT2D eigenvalue weighted by Gasteiger charge is -2.19. The Morgan fingerprint density at radius 2 is 1.67 bits per heavy atom. The number of amides is 1. The minimum Gasteiger partial charge on any atom is -0.380 e. The molecule has 3 rings (SSSR count). The van der Waals surface area contributed by atoms with Crippen LogP contribution in [0.25, 0.3) is 11.1 Å². The van der Waals surface area contributed by atoms with E-state index in [-0.39, 0.29) is 5.91 Å². The second-order valence-electron chi connectivity index (χ2n) is 5.90. The summed E-state index contributed by atoms with van der Waals surface area (Å²) in [6.45, 7) is 4.59. The van der Waals surface area contributed by atoms with Gasteiger partial charge in [-0.3, -0.25) is 4.79 Å². The third-order valence-corrected chi connectivity index (χ3v) is 5.04. The van der Waals surface area contributed by atoms with Gasteiger partial charge in [-0.25, -0.2) is 0 Å². The maximum Gasteiger partial charge on any atom is 0.253 e. The van der Waals surface area contributed by atoms with Crippen LogP contribution in [0.15, 0.2) is 36.4 Å². The molecule has 1 aliphatic rings. The van der Waals surface area contributed by atoms with Gasteiger partial charge in [0.05, 0.1) is 6.61 Å². The quantitative estimate of drug-likeness (QED) is 0.764. The summed E-state index contributed by atoms with van der Waals surface area (Å²) in [7, 11) is 0. The lowest BCUT2D eigenvalue weighted by molar-refractivity contribution is 0.0741. The van der Waals surface area contributed by atoms with Gasteiger partial charge in [-0.05, 0) is 54.3 Å². The van der Waals surface area contributed by atoms with Gasteiger partial charge < -0.3 is 9.64 Å². The zero-order valence-electron chi connectivity index (χ0n) is 13.5. The van der Waals surface area contributed by atoms with Crippen molar-refractivity contribution in [2.45, 2.75) is 13.3 Å². The highest BCUT2D eigenvalue weighted by molar-refractivity contribution is 6.36. The van der Waals surface area contributed by atoms with Gasteiger partial charge in [0.25, 0.3) is 5.91 Å². The van der Waals surface area contributed by atoms with Gasteiger partial charge in [0.2, 0.25) is 0 Å². The number of ether oxygens (including phenoxy) is 1. The number of carbonyl (C=O) groups excluding carboxylic acids is 1. The number of benzene rings is 2. The third kappa shape index (κ3) is 3.75. The van der Waals surface area contributed by atoms with Crippen LogP contribution in [0.5, 0.6) is 0 Å². The summed E-state index contributed by atoms with van der Waals surface area (Å²) in [6, 6.07) is 11.4. The van der Waals surface area contributed by atoms with E-state index < -0.39 is 0 Å². The molecule has 1 fully saturated rings. The molecule has 0 bridgehead atoms. The number of nitrogens with zero attached hydrogens (tertiary/aromatic N) is 1. The SMILES string of the molecule is Cc1c(Cl)cc(-c2ccc(C(=O)N3CCCOCC3)cc2)cc1Cl. The number of hydrogen-bond donors (Lipinski definition) is 0. The minimum atomic E-state index is 0.0482. The van der Waals surface area contributed by atoms with Crippen LogP contribution in [0.3, 0.4) is 0 Å². The molecule has 1 saturated heterocycles. The van der Waals surface area contributed by atoms with E-state index >= 15 is 0 Å². The van der Waals surface area contributed by atoms with Gasteiger partial charge >= 0.3 is 0 Å². The Labute approximate surface area is 152 Å². The summed E-state index contributed by atoms with van der Waals surface area (Å²) in [5, 5.41) is 1.28. The Hall–Kier alpha value is -1.55. The van der Waals surface area contributed by atoms with Crippen molar-refractivity contribution in [2.75, 3.05) is 26.3 Å². The first-order chi connectivity index (χ1) is 11.6. The zero-order valence-corrected chi connectivity index (χ0v) is 15.0. The molecule has 1 heterocycles. The van der Waals surface area contributed by atoms with Gasteiger partial charge in [-0.1, -0.05) is 35.3 Å². The monoisotopic (exact) mass is 363 g/mol. The molecule has 24 heavy (non-hydrogen) atoms. The van der Waals surface area contributed by atoms with E-state index in [9.17, 15) is 4.79 Å². The van der Waals surface area contributed by atoms with E-state index in [1.54, 1.807) is 0 Å². The molecule has 0 radical (unpaired) electrons. The van der Waals surface area contributed by atoms with E-state index in [1.165, 1.54) is 0 Å². The molecule has 1 amide bonds. The van der Waals surface area contributed by atoms with Crippen molar-refractivity contribution < 1.29 is 9.53 Å². The minimum absolute atomic E-state index is 0.0482. The number of halogens is 2. The van der Waals surface area contributed by atoms with E-state index in [2.05, 4.69) is 0 Å². The molecule has 2 aromatic carbocycles. The molecule has 3 nitrogen and oxygen atoms in total. The van der Waals surface area contributed by atoms with Crippen LogP contribution in [0, 0.1) is 6.92 Å². The average Bonchev–Trinajstić information content (AvgIpc) is 2.88. The summed E-state index contributed by atoms with van der Waals surface area (Å²) in [5.41, 5.74) is 3.48. The summed E-state index contributed by atoms with van der Waals surface area (Å²) >= 11 is 12.4. The van der Waals surface area contributed by atoms with E-state index in [0.717, 1.165) is 36.3 Å². The molecule has 0 aliphatic carbocycles. The third-order valence-electron chi connectivity index (χ3n) is 4.26. The Morgan fingerprint density at radius 3 is 2.33 bits per heavy atom. The molecule has 5 heteroatoms. The fourth-order valence-corrected chi connectivity index (χ4v) is 3.24. The predicted octanol–water partition coefficient (Wildman–Crippen LogP) is 4.83. The molecule has 0 spiro atoms. The Balaban J connectivity index is 1.81. The Morgan fingerprint density at radius 1 is 1.00 bits per heavy atom. The van der Waals surface area contributed by atoms with Crippen LogP contribution in [-0.2, 0) is 4.74 Å². The van der Waals surface area contributed by atoms with Crippen molar-refractivity contribution in [3.05, 3.63) is 57.6 Å². The zero-order chi connectivity index (χ0) is 17.1. The van der Waals surface area contributed by atoms with Gasteiger partial charge in [0.15, 0.2) is 0 Å². The second-order valence-corrected chi connectivity index (χ2v) is 6.71. The number of carbonyl (C=O) groups is 1. The topological polar surface area (TPSA) is 29.5 Å². The second kappa shape index (κ2) is 7.56. The van der Waals surface area contributed by atoms with Gasteiger partial charge in [0.1, 0.15) is 0 Å². The highest BCUT2D eigenvalue weighted by Crippen LogP contribution is 2.31. The number of hydrogen-bond acceptors (Lipinski definition) is 2. The van der Waals surface area contributed by atoms with Crippen LogP contribution in [0.4, 0.5) is 0 Å². The lowest BCUT2D eigenvalue weighted by atomic mass is 10.0. The lowest BCUT2D eigenvalue weighted by Crippen LogP contribution is -2.33. The molecular formula is C19H19Cl2NO2. The maximum atomic E-state index is 12.6. The summed E-state index contributed by atoms with van der Waals surface area (Å²) < 4.78 is 5.40. The van der Waals surface area contributed by atoms with Crippen LogP contribution in [0.1, 0.15) is 22.3 Å². The van der Waals surface area contributed by atoms with Crippen LogP contribution in [0.2, 0.25) is 10.0 Å². The van der Waals surface area contributed by atoms with Gasteiger partial charge in [-0.15, -0.1) is 0 Å². The van der Waals surface area contributed by atoms with E-state index in [1.807, 2.05) is 48.2 Å². The molecule has 1 aliphatic heterocycles. The van der Waals surface area contributed by atoms with Crippen molar-refractivity contribution in [1.82, 2.24) is 4.90 Å². The van der Waals surface area contributed by atoms with Crippen LogP contribution in [-0.4, -0.2) is 37.1 Å². The maximum absolute atomic E-state index is 12.6. The van der Waals surface area contributed by atoms with E-state index in [4.69, 9.17) is 27.9 Å². The first-order valence-corrected chi connectivity index (χ1v) is 8.75. The predicted molar refractivity (Wildman–Crippen MR) is 98.0 cm³/mol. The molecule has 0 aromatic heterocycles. The largest absolute Gasteiger partial charge is 0.380 e. The first kappa shape index (κ1) is 17.3. The first-order valence-electron chi connectivity index (χ1n) is 7.99. The normalized spacial score (nSPS) is 15.2. The highest BCUT2D eigenvalue weighted by Gasteiger charge is 2.17. The van der Waals surface area contributed by atoms with Crippen LogP contribution >= 0.6 is 23.2 Å². The molecule has 0 N–H and O–H groups in total. The highest BCUT2D eigenvalue weighted by atomic mass is 35.5. The summed E-state index contributed by atoms with van der Waals surface area (Å²) in [5.74, 6) is 0.0482.